The summed E-state index contributed by atoms with van der Waals surface area (Å²) in [6.07, 6.45) is 5.17. The molecule has 0 atom stereocenters. The van der Waals surface area contributed by atoms with Gasteiger partial charge in [0.25, 0.3) is 0 Å². The highest BCUT2D eigenvalue weighted by molar-refractivity contribution is 5.95. The van der Waals surface area contributed by atoms with Crippen LogP contribution in [-0.4, -0.2) is 26.1 Å². The number of amides is 1. The maximum absolute atomic E-state index is 12.4. The zero-order chi connectivity index (χ0) is 18.1. The highest BCUT2D eigenvalue weighted by Gasteiger charge is 2.14. The Morgan fingerprint density at radius 3 is 2.81 bits per heavy atom. The molecule has 2 N–H and O–H groups in total. The zero-order valence-electron chi connectivity index (χ0n) is 14.4. The molecule has 0 fully saturated rings. The normalized spacial score (nSPS) is 11.0. The molecule has 3 heterocycles. The van der Waals surface area contributed by atoms with E-state index in [1.165, 1.54) is 0 Å². The zero-order valence-corrected chi connectivity index (χ0v) is 14.4. The molecule has 4 rings (SSSR count). The monoisotopic (exact) mass is 347 g/mol. The Balaban J connectivity index is 1.50. The van der Waals surface area contributed by atoms with Gasteiger partial charge in [0.05, 0.1) is 12.7 Å². The highest BCUT2D eigenvalue weighted by Crippen LogP contribution is 2.27. The van der Waals surface area contributed by atoms with Crippen molar-refractivity contribution in [1.82, 2.24) is 20.2 Å². The van der Waals surface area contributed by atoms with Crippen molar-refractivity contribution >= 4 is 22.8 Å². The average Bonchev–Trinajstić information content (AvgIpc) is 3.27. The number of fused-ring (bicyclic) bond motifs is 1. The van der Waals surface area contributed by atoms with Gasteiger partial charge in [0.2, 0.25) is 11.9 Å². The van der Waals surface area contributed by atoms with Gasteiger partial charge >= 0.3 is 0 Å². The lowest BCUT2D eigenvalue weighted by Crippen LogP contribution is -2.15. The number of carbonyl (C=O) groups is 1. The SMILES string of the molecule is Cc1ccc2c(CC(=O)Nc3n[nH]c(-c4ccncc4)n3)coc2c1C. The van der Waals surface area contributed by atoms with Crippen LogP contribution in [0.15, 0.2) is 47.3 Å². The summed E-state index contributed by atoms with van der Waals surface area (Å²) >= 11 is 0. The number of anilines is 1. The summed E-state index contributed by atoms with van der Waals surface area (Å²) in [5.74, 6) is 0.607. The van der Waals surface area contributed by atoms with Gasteiger partial charge in [-0.05, 0) is 37.1 Å². The molecule has 3 aromatic heterocycles. The summed E-state index contributed by atoms with van der Waals surface area (Å²) in [4.78, 5) is 20.6. The number of aromatic nitrogens is 4. The van der Waals surface area contributed by atoms with Crippen molar-refractivity contribution in [3.8, 4) is 11.4 Å². The minimum absolute atomic E-state index is 0.189. The summed E-state index contributed by atoms with van der Waals surface area (Å²) < 4.78 is 5.65. The van der Waals surface area contributed by atoms with Crippen molar-refractivity contribution in [1.29, 1.82) is 0 Å². The summed E-state index contributed by atoms with van der Waals surface area (Å²) in [6.45, 7) is 4.05. The van der Waals surface area contributed by atoms with Crippen LogP contribution in [-0.2, 0) is 11.2 Å². The molecule has 130 valence electrons. The number of hydrogen-bond donors (Lipinski definition) is 2. The fourth-order valence-corrected chi connectivity index (χ4v) is 2.82. The van der Waals surface area contributed by atoms with Crippen LogP contribution in [0.1, 0.15) is 16.7 Å². The van der Waals surface area contributed by atoms with E-state index in [1.54, 1.807) is 18.7 Å². The molecule has 7 nitrogen and oxygen atoms in total. The number of pyridine rings is 1. The lowest BCUT2D eigenvalue weighted by molar-refractivity contribution is -0.115. The number of furan rings is 1. The molecule has 26 heavy (non-hydrogen) atoms. The molecule has 0 unspecified atom stereocenters. The van der Waals surface area contributed by atoms with Gasteiger partial charge in [0.15, 0.2) is 5.82 Å². The third-order valence-electron chi connectivity index (χ3n) is 4.38. The molecule has 0 aliphatic rings. The van der Waals surface area contributed by atoms with Gasteiger partial charge in [-0.1, -0.05) is 12.1 Å². The number of benzene rings is 1. The van der Waals surface area contributed by atoms with Crippen LogP contribution in [0.3, 0.4) is 0 Å². The van der Waals surface area contributed by atoms with Crippen molar-refractivity contribution in [3.63, 3.8) is 0 Å². The van der Waals surface area contributed by atoms with E-state index in [2.05, 4.69) is 25.5 Å². The van der Waals surface area contributed by atoms with Crippen molar-refractivity contribution in [2.75, 3.05) is 5.32 Å². The van der Waals surface area contributed by atoms with Gasteiger partial charge in [0, 0.05) is 28.9 Å². The van der Waals surface area contributed by atoms with Crippen LogP contribution < -0.4 is 5.32 Å². The summed E-state index contributed by atoms with van der Waals surface area (Å²) in [5, 5.41) is 10.5. The van der Waals surface area contributed by atoms with Gasteiger partial charge in [-0.3, -0.25) is 20.2 Å². The second kappa shape index (κ2) is 6.44. The van der Waals surface area contributed by atoms with E-state index in [1.807, 2.05) is 38.1 Å². The molecule has 4 aromatic rings. The van der Waals surface area contributed by atoms with Crippen LogP contribution in [0.5, 0.6) is 0 Å². The van der Waals surface area contributed by atoms with E-state index >= 15 is 0 Å². The topological polar surface area (TPSA) is 96.7 Å². The number of H-pyrrole nitrogens is 1. The largest absolute Gasteiger partial charge is 0.464 e. The fourth-order valence-electron chi connectivity index (χ4n) is 2.82. The Bertz CT molecular complexity index is 1080. The first-order chi connectivity index (χ1) is 12.6. The van der Waals surface area contributed by atoms with Crippen molar-refractivity contribution < 1.29 is 9.21 Å². The van der Waals surface area contributed by atoms with E-state index in [0.29, 0.717) is 5.82 Å². The number of hydrogen-bond acceptors (Lipinski definition) is 5. The molecular formula is C19H17N5O2. The Labute approximate surface area is 149 Å². The average molecular weight is 347 g/mol. The summed E-state index contributed by atoms with van der Waals surface area (Å²) in [7, 11) is 0. The van der Waals surface area contributed by atoms with Crippen molar-refractivity contribution in [2.45, 2.75) is 20.3 Å². The van der Waals surface area contributed by atoms with Crippen LogP contribution >= 0.6 is 0 Å². The molecule has 0 spiro atoms. The predicted molar refractivity (Wildman–Crippen MR) is 97.6 cm³/mol. The van der Waals surface area contributed by atoms with Crippen LogP contribution in [0.4, 0.5) is 5.95 Å². The number of rotatable bonds is 4. The Kier molecular flexibility index (Phi) is 3.96. The number of aromatic amines is 1. The number of nitrogens with zero attached hydrogens (tertiary/aromatic N) is 3. The molecule has 7 heteroatoms. The number of aryl methyl sites for hydroxylation is 2. The summed E-state index contributed by atoms with van der Waals surface area (Å²) in [6, 6.07) is 7.64. The molecular weight excluding hydrogens is 330 g/mol. The minimum Gasteiger partial charge on any atom is -0.464 e. The predicted octanol–water partition coefficient (Wildman–Crippen LogP) is 3.41. The Hall–Kier alpha value is -3.48. The lowest BCUT2D eigenvalue weighted by atomic mass is 10.0. The Morgan fingerprint density at radius 1 is 1.19 bits per heavy atom. The summed E-state index contributed by atoms with van der Waals surface area (Å²) in [5.41, 5.74) is 4.76. The fraction of sp³-hybridized carbons (Fsp3) is 0.158. The molecule has 1 aromatic carbocycles. The van der Waals surface area contributed by atoms with Crippen molar-refractivity contribution in [2.24, 2.45) is 0 Å². The minimum atomic E-state index is -0.203. The smallest absolute Gasteiger partial charge is 0.249 e. The van der Waals surface area contributed by atoms with Gasteiger partial charge in [-0.2, -0.15) is 4.98 Å². The molecule has 0 saturated heterocycles. The van der Waals surface area contributed by atoms with Crippen LogP contribution in [0.2, 0.25) is 0 Å². The first-order valence-electron chi connectivity index (χ1n) is 8.21. The van der Waals surface area contributed by atoms with Crippen LogP contribution in [0.25, 0.3) is 22.4 Å². The van der Waals surface area contributed by atoms with Gasteiger partial charge in [-0.15, -0.1) is 5.10 Å². The number of nitrogens with one attached hydrogen (secondary N) is 2. The third-order valence-corrected chi connectivity index (χ3v) is 4.38. The standard InChI is InChI=1S/C19H17N5O2/c1-11-3-4-15-14(10-26-17(15)12(11)2)9-16(25)21-19-22-18(23-24-19)13-5-7-20-8-6-13/h3-8,10H,9H2,1-2H3,(H2,21,22,23,24,25). The van der Waals surface area contributed by atoms with Crippen LogP contribution in [0, 0.1) is 13.8 Å². The van der Waals surface area contributed by atoms with E-state index in [4.69, 9.17) is 4.42 Å². The third kappa shape index (κ3) is 2.95. The molecule has 0 bridgehead atoms. The molecule has 0 aliphatic heterocycles. The van der Waals surface area contributed by atoms with E-state index in [-0.39, 0.29) is 18.3 Å². The first kappa shape index (κ1) is 16.0. The number of carbonyl (C=O) groups excluding carboxylic acids is 1. The second-order valence-electron chi connectivity index (χ2n) is 6.11. The lowest BCUT2D eigenvalue weighted by Gasteiger charge is -2.02. The highest BCUT2D eigenvalue weighted by atomic mass is 16.3. The molecule has 0 aliphatic carbocycles. The van der Waals surface area contributed by atoms with Gasteiger partial charge in [0.1, 0.15) is 5.58 Å². The second-order valence-corrected chi connectivity index (χ2v) is 6.11. The van der Waals surface area contributed by atoms with Gasteiger partial charge in [-0.25, -0.2) is 0 Å². The molecule has 1 amide bonds. The first-order valence-corrected chi connectivity index (χ1v) is 8.21. The maximum Gasteiger partial charge on any atom is 0.249 e. The van der Waals surface area contributed by atoms with E-state index in [9.17, 15) is 4.79 Å². The van der Waals surface area contributed by atoms with E-state index < -0.39 is 0 Å². The Morgan fingerprint density at radius 2 is 2.00 bits per heavy atom. The molecule has 0 radical (unpaired) electrons. The van der Waals surface area contributed by atoms with E-state index in [0.717, 1.165) is 33.2 Å². The van der Waals surface area contributed by atoms with Gasteiger partial charge < -0.3 is 4.42 Å². The quantitative estimate of drug-likeness (QED) is 0.590. The molecule has 0 saturated carbocycles. The van der Waals surface area contributed by atoms with Crippen molar-refractivity contribution in [3.05, 3.63) is 59.6 Å². The maximum atomic E-state index is 12.4.